The van der Waals surface area contributed by atoms with E-state index in [0.717, 1.165) is 0 Å². The molecular weight excluding hydrogens is 292 g/mol. The van der Waals surface area contributed by atoms with E-state index in [9.17, 15) is 13.2 Å². The van der Waals surface area contributed by atoms with Crippen LogP contribution in [0.4, 0.5) is 5.82 Å². The summed E-state index contributed by atoms with van der Waals surface area (Å²) >= 11 is 5.91. The molecule has 8 heteroatoms. The first-order valence-electron chi connectivity index (χ1n) is 5.70. The molecule has 104 valence electrons. The number of sulfone groups is 1. The molecule has 1 aliphatic heterocycles. The molecule has 1 aromatic heterocycles. The summed E-state index contributed by atoms with van der Waals surface area (Å²) in [5.41, 5.74) is 0.0130. The molecular formula is C11H13ClN2O4S. The van der Waals surface area contributed by atoms with Crippen molar-refractivity contribution in [2.45, 2.75) is 6.42 Å². The average Bonchev–Trinajstić information content (AvgIpc) is 2.67. The lowest BCUT2D eigenvalue weighted by Gasteiger charge is -2.11. The number of carbonyl (C=O) groups is 1. The second-order valence-electron chi connectivity index (χ2n) is 4.51. The Morgan fingerprint density at radius 2 is 2.32 bits per heavy atom. The van der Waals surface area contributed by atoms with Crippen molar-refractivity contribution in [3.05, 3.63) is 22.8 Å². The fourth-order valence-corrected chi connectivity index (χ4v) is 4.05. The van der Waals surface area contributed by atoms with Crippen molar-refractivity contribution < 1.29 is 18.3 Å². The van der Waals surface area contributed by atoms with Crippen LogP contribution in [0.15, 0.2) is 12.3 Å². The van der Waals surface area contributed by atoms with Crippen molar-refractivity contribution in [3.63, 3.8) is 0 Å². The molecule has 1 aromatic rings. The fourth-order valence-electron chi connectivity index (χ4n) is 1.96. The molecule has 1 unspecified atom stereocenters. The van der Waals surface area contributed by atoms with Crippen molar-refractivity contribution >= 4 is 33.2 Å². The monoisotopic (exact) mass is 304 g/mol. The number of rotatable bonds is 4. The predicted octanol–water partition coefficient (Wildman–Crippen LogP) is 1.28. The second kappa shape index (κ2) is 5.34. The molecule has 2 N–H and O–H groups in total. The first kappa shape index (κ1) is 14.1. The Hall–Kier alpha value is -1.34. The third-order valence-corrected chi connectivity index (χ3v) is 5.10. The minimum absolute atomic E-state index is 0.0130. The number of nitrogens with zero attached hydrogens (tertiary/aromatic N) is 1. The quantitative estimate of drug-likeness (QED) is 0.870. The Kier molecular flexibility index (Phi) is 3.96. The van der Waals surface area contributed by atoms with Gasteiger partial charge in [0.05, 0.1) is 22.1 Å². The molecule has 1 atom stereocenters. The smallest absolute Gasteiger partial charge is 0.337 e. The zero-order valence-electron chi connectivity index (χ0n) is 9.97. The third-order valence-electron chi connectivity index (χ3n) is 2.97. The molecule has 6 nitrogen and oxygen atoms in total. The second-order valence-corrected chi connectivity index (χ2v) is 7.15. The van der Waals surface area contributed by atoms with E-state index in [1.165, 1.54) is 12.3 Å². The van der Waals surface area contributed by atoms with Gasteiger partial charge in [0.1, 0.15) is 5.82 Å². The van der Waals surface area contributed by atoms with E-state index in [-0.39, 0.29) is 28.0 Å². The predicted molar refractivity (Wildman–Crippen MR) is 71.5 cm³/mol. The van der Waals surface area contributed by atoms with E-state index in [4.69, 9.17) is 16.7 Å². The molecule has 2 rings (SSSR count). The first-order valence-corrected chi connectivity index (χ1v) is 7.90. The van der Waals surface area contributed by atoms with Gasteiger partial charge in [-0.05, 0) is 18.4 Å². The van der Waals surface area contributed by atoms with Crippen LogP contribution >= 0.6 is 11.6 Å². The van der Waals surface area contributed by atoms with Gasteiger partial charge in [-0.15, -0.1) is 0 Å². The largest absolute Gasteiger partial charge is 0.478 e. The Morgan fingerprint density at radius 3 is 2.84 bits per heavy atom. The van der Waals surface area contributed by atoms with E-state index < -0.39 is 15.8 Å². The van der Waals surface area contributed by atoms with Crippen LogP contribution in [0.25, 0.3) is 0 Å². The van der Waals surface area contributed by atoms with Crippen molar-refractivity contribution in [2.75, 3.05) is 23.4 Å². The van der Waals surface area contributed by atoms with Gasteiger partial charge >= 0.3 is 5.97 Å². The van der Waals surface area contributed by atoms with Gasteiger partial charge in [0, 0.05) is 12.7 Å². The number of halogens is 1. The van der Waals surface area contributed by atoms with Gasteiger partial charge in [-0.1, -0.05) is 11.6 Å². The van der Waals surface area contributed by atoms with Crippen LogP contribution in [0.2, 0.25) is 5.02 Å². The minimum Gasteiger partial charge on any atom is -0.478 e. The van der Waals surface area contributed by atoms with E-state index >= 15 is 0 Å². The van der Waals surface area contributed by atoms with Crippen LogP contribution in [-0.4, -0.2) is 42.5 Å². The molecule has 0 aliphatic carbocycles. The third kappa shape index (κ3) is 3.57. The Morgan fingerprint density at radius 1 is 1.58 bits per heavy atom. The highest BCUT2D eigenvalue weighted by Gasteiger charge is 2.27. The van der Waals surface area contributed by atoms with Crippen molar-refractivity contribution in [2.24, 2.45) is 5.92 Å². The molecule has 0 amide bonds. The summed E-state index contributed by atoms with van der Waals surface area (Å²) in [7, 11) is -2.90. The summed E-state index contributed by atoms with van der Waals surface area (Å²) in [5.74, 6) is -0.288. The van der Waals surface area contributed by atoms with Crippen LogP contribution in [0.1, 0.15) is 16.8 Å². The highest BCUT2D eigenvalue weighted by Crippen LogP contribution is 2.23. The Labute approximate surface area is 115 Å². The number of pyridine rings is 1. The first-order chi connectivity index (χ1) is 8.87. The molecule has 19 heavy (non-hydrogen) atoms. The molecule has 0 saturated carbocycles. The molecule has 0 spiro atoms. The topological polar surface area (TPSA) is 96.4 Å². The lowest BCUT2D eigenvalue weighted by Crippen LogP contribution is -2.16. The normalized spacial score (nSPS) is 21.2. The fraction of sp³-hybridized carbons (Fsp3) is 0.455. The van der Waals surface area contributed by atoms with Crippen LogP contribution < -0.4 is 5.32 Å². The highest BCUT2D eigenvalue weighted by molar-refractivity contribution is 7.91. The molecule has 1 fully saturated rings. The SMILES string of the molecule is O=C(O)c1cnc(NCC2CCS(=O)(=O)C2)c(Cl)c1. The minimum atomic E-state index is -2.90. The Bertz CT molecular complexity index is 603. The van der Waals surface area contributed by atoms with Gasteiger partial charge in [0.2, 0.25) is 0 Å². The molecule has 1 saturated heterocycles. The van der Waals surface area contributed by atoms with Crippen LogP contribution in [-0.2, 0) is 9.84 Å². The van der Waals surface area contributed by atoms with Crippen molar-refractivity contribution in [1.29, 1.82) is 0 Å². The number of aromatic nitrogens is 1. The summed E-state index contributed by atoms with van der Waals surface area (Å²) in [6.07, 6.45) is 1.84. The summed E-state index contributed by atoms with van der Waals surface area (Å²) < 4.78 is 22.6. The van der Waals surface area contributed by atoms with Gasteiger partial charge in [-0.25, -0.2) is 18.2 Å². The van der Waals surface area contributed by atoms with Gasteiger partial charge < -0.3 is 10.4 Å². The number of aromatic carboxylic acids is 1. The van der Waals surface area contributed by atoms with E-state index in [1.54, 1.807) is 0 Å². The maximum atomic E-state index is 11.3. The summed E-state index contributed by atoms with van der Waals surface area (Å²) in [5, 5.41) is 11.9. The maximum Gasteiger partial charge on any atom is 0.337 e. The number of carboxylic acid groups (broad SMARTS) is 1. The van der Waals surface area contributed by atoms with Crippen molar-refractivity contribution in [1.82, 2.24) is 4.98 Å². The van der Waals surface area contributed by atoms with Crippen LogP contribution in [0.3, 0.4) is 0 Å². The molecule has 0 aromatic carbocycles. The van der Waals surface area contributed by atoms with Gasteiger partial charge in [0.25, 0.3) is 0 Å². The number of hydrogen-bond donors (Lipinski definition) is 2. The Balaban J connectivity index is 1.99. The molecule has 0 bridgehead atoms. The number of nitrogens with one attached hydrogen (secondary N) is 1. The lowest BCUT2D eigenvalue weighted by atomic mass is 10.1. The summed E-state index contributed by atoms with van der Waals surface area (Å²) in [6, 6.07) is 1.31. The van der Waals surface area contributed by atoms with Gasteiger partial charge in [0.15, 0.2) is 9.84 Å². The lowest BCUT2D eigenvalue weighted by molar-refractivity contribution is 0.0696. The number of hydrogen-bond acceptors (Lipinski definition) is 5. The van der Waals surface area contributed by atoms with E-state index in [2.05, 4.69) is 10.3 Å². The van der Waals surface area contributed by atoms with Crippen LogP contribution in [0, 0.1) is 5.92 Å². The summed E-state index contributed by atoms with van der Waals surface area (Å²) in [6.45, 7) is 0.457. The maximum absolute atomic E-state index is 11.3. The zero-order chi connectivity index (χ0) is 14.0. The molecule has 1 aliphatic rings. The number of anilines is 1. The highest BCUT2D eigenvalue weighted by atomic mass is 35.5. The van der Waals surface area contributed by atoms with Gasteiger partial charge in [-0.3, -0.25) is 0 Å². The van der Waals surface area contributed by atoms with E-state index in [0.29, 0.717) is 18.8 Å². The molecule has 0 radical (unpaired) electrons. The van der Waals surface area contributed by atoms with Gasteiger partial charge in [-0.2, -0.15) is 0 Å². The average molecular weight is 305 g/mol. The van der Waals surface area contributed by atoms with Crippen molar-refractivity contribution in [3.8, 4) is 0 Å². The standard InChI is InChI=1S/C11H13ClN2O4S/c12-9-3-8(11(15)16)5-14-10(9)13-4-7-1-2-19(17,18)6-7/h3,5,7H,1-2,4,6H2,(H,13,14)(H,15,16). The zero-order valence-corrected chi connectivity index (χ0v) is 11.5. The number of carboxylic acids is 1. The molecule has 2 heterocycles. The van der Waals surface area contributed by atoms with E-state index in [1.807, 2.05) is 0 Å². The van der Waals surface area contributed by atoms with Crippen LogP contribution in [0.5, 0.6) is 0 Å². The summed E-state index contributed by atoms with van der Waals surface area (Å²) in [4.78, 5) is 14.6.